The van der Waals surface area contributed by atoms with Gasteiger partial charge in [-0.15, -0.1) is 0 Å². The molecule has 2 aromatic rings. The van der Waals surface area contributed by atoms with Gasteiger partial charge in [-0.25, -0.2) is 0 Å². The standard InChI is InChI=1S/C24H33N3O/c1-5-10-26-11-13-27(14-12-26)17-18-6-9-22-21(15-18)24(2,3)20-8-7-19(28-4)16-23(20)25-22/h6-9,15-16,25H,5,10-14,17H2,1-4H3. The second-order valence-electron chi connectivity index (χ2n) is 8.66. The molecule has 0 spiro atoms. The van der Waals surface area contributed by atoms with Crippen molar-refractivity contribution in [3.63, 3.8) is 0 Å². The largest absolute Gasteiger partial charge is 0.497 e. The van der Waals surface area contributed by atoms with Gasteiger partial charge in [0, 0.05) is 55.6 Å². The summed E-state index contributed by atoms with van der Waals surface area (Å²) in [4.78, 5) is 5.18. The Morgan fingerprint density at radius 1 is 0.929 bits per heavy atom. The van der Waals surface area contributed by atoms with Gasteiger partial charge >= 0.3 is 0 Å². The minimum atomic E-state index is -0.0297. The summed E-state index contributed by atoms with van der Waals surface area (Å²) in [6.07, 6.45) is 1.25. The highest BCUT2D eigenvalue weighted by Crippen LogP contribution is 2.46. The van der Waals surface area contributed by atoms with Gasteiger partial charge in [-0.1, -0.05) is 39.0 Å². The van der Waals surface area contributed by atoms with Crippen LogP contribution in [-0.2, 0) is 12.0 Å². The van der Waals surface area contributed by atoms with E-state index in [1.54, 1.807) is 7.11 Å². The lowest BCUT2D eigenvalue weighted by Gasteiger charge is -2.37. The summed E-state index contributed by atoms with van der Waals surface area (Å²) in [5, 5.41) is 3.62. The topological polar surface area (TPSA) is 27.7 Å². The van der Waals surface area contributed by atoms with E-state index in [1.807, 2.05) is 0 Å². The van der Waals surface area contributed by atoms with Crippen LogP contribution in [0.5, 0.6) is 5.75 Å². The molecule has 2 aliphatic rings. The quantitative estimate of drug-likeness (QED) is 0.821. The van der Waals surface area contributed by atoms with E-state index in [4.69, 9.17) is 4.74 Å². The van der Waals surface area contributed by atoms with E-state index in [2.05, 4.69) is 72.3 Å². The van der Waals surface area contributed by atoms with Crippen molar-refractivity contribution in [2.75, 3.05) is 45.2 Å². The third kappa shape index (κ3) is 3.63. The number of anilines is 2. The minimum Gasteiger partial charge on any atom is -0.497 e. The number of methoxy groups -OCH3 is 1. The molecule has 2 heterocycles. The van der Waals surface area contributed by atoms with E-state index in [-0.39, 0.29) is 5.41 Å². The van der Waals surface area contributed by atoms with Crippen molar-refractivity contribution in [2.45, 2.75) is 39.2 Å². The van der Waals surface area contributed by atoms with Crippen molar-refractivity contribution in [3.05, 3.63) is 53.1 Å². The van der Waals surface area contributed by atoms with E-state index < -0.39 is 0 Å². The highest BCUT2D eigenvalue weighted by Gasteiger charge is 2.33. The zero-order chi connectivity index (χ0) is 19.7. The molecule has 0 atom stereocenters. The third-order valence-electron chi connectivity index (χ3n) is 6.34. The maximum atomic E-state index is 5.41. The summed E-state index contributed by atoms with van der Waals surface area (Å²) >= 11 is 0. The molecule has 0 aliphatic carbocycles. The second kappa shape index (κ2) is 7.76. The predicted octanol–water partition coefficient (Wildman–Crippen LogP) is 4.61. The lowest BCUT2D eigenvalue weighted by molar-refractivity contribution is 0.127. The average Bonchev–Trinajstić information content (AvgIpc) is 2.70. The van der Waals surface area contributed by atoms with Gasteiger partial charge in [0.05, 0.1) is 7.11 Å². The van der Waals surface area contributed by atoms with Crippen LogP contribution in [0.25, 0.3) is 0 Å². The fourth-order valence-corrected chi connectivity index (χ4v) is 4.65. The lowest BCUT2D eigenvalue weighted by atomic mass is 9.74. The molecule has 2 aromatic carbocycles. The average molecular weight is 380 g/mol. The van der Waals surface area contributed by atoms with Gasteiger partial charge in [-0.3, -0.25) is 4.90 Å². The van der Waals surface area contributed by atoms with Gasteiger partial charge in [0.1, 0.15) is 5.75 Å². The Kier molecular flexibility index (Phi) is 5.35. The van der Waals surface area contributed by atoms with Gasteiger partial charge in [-0.2, -0.15) is 0 Å². The molecule has 4 rings (SSSR count). The summed E-state index contributed by atoms with van der Waals surface area (Å²) in [6, 6.07) is 13.3. The smallest absolute Gasteiger partial charge is 0.120 e. The van der Waals surface area contributed by atoms with E-state index in [9.17, 15) is 0 Å². The monoisotopic (exact) mass is 379 g/mol. The molecule has 28 heavy (non-hydrogen) atoms. The fraction of sp³-hybridized carbons (Fsp3) is 0.500. The summed E-state index contributed by atoms with van der Waals surface area (Å²) in [5.41, 5.74) is 6.45. The highest BCUT2D eigenvalue weighted by atomic mass is 16.5. The Morgan fingerprint density at radius 3 is 2.39 bits per heavy atom. The van der Waals surface area contributed by atoms with Gasteiger partial charge in [0.15, 0.2) is 0 Å². The van der Waals surface area contributed by atoms with Crippen LogP contribution in [0.3, 0.4) is 0 Å². The number of nitrogens with zero attached hydrogens (tertiary/aromatic N) is 2. The summed E-state index contributed by atoms with van der Waals surface area (Å²) in [5.74, 6) is 0.893. The van der Waals surface area contributed by atoms with Crippen LogP contribution in [0.2, 0.25) is 0 Å². The van der Waals surface area contributed by atoms with E-state index in [0.29, 0.717) is 0 Å². The summed E-state index contributed by atoms with van der Waals surface area (Å²) in [6.45, 7) is 13.9. The first-order valence-electron chi connectivity index (χ1n) is 10.5. The normalized spacial score (nSPS) is 18.9. The number of hydrogen-bond acceptors (Lipinski definition) is 4. The van der Waals surface area contributed by atoms with Crippen molar-refractivity contribution >= 4 is 11.4 Å². The van der Waals surface area contributed by atoms with E-state index in [1.165, 1.54) is 61.5 Å². The number of fused-ring (bicyclic) bond motifs is 2. The first-order valence-corrected chi connectivity index (χ1v) is 10.5. The molecule has 0 radical (unpaired) electrons. The molecule has 4 heteroatoms. The predicted molar refractivity (Wildman–Crippen MR) is 117 cm³/mol. The van der Waals surface area contributed by atoms with Crippen LogP contribution >= 0.6 is 0 Å². The van der Waals surface area contributed by atoms with Crippen molar-refractivity contribution in [1.29, 1.82) is 0 Å². The highest BCUT2D eigenvalue weighted by molar-refractivity contribution is 5.76. The first kappa shape index (κ1) is 19.3. The summed E-state index contributed by atoms with van der Waals surface area (Å²) < 4.78 is 5.41. The van der Waals surface area contributed by atoms with E-state index >= 15 is 0 Å². The maximum Gasteiger partial charge on any atom is 0.120 e. The van der Waals surface area contributed by atoms with Crippen LogP contribution < -0.4 is 10.1 Å². The molecule has 0 amide bonds. The SMILES string of the molecule is CCCN1CCN(Cc2ccc3c(c2)C(C)(C)c2ccc(OC)cc2N3)CC1. The van der Waals surface area contributed by atoms with Gasteiger partial charge in [0.2, 0.25) is 0 Å². The fourth-order valence-electron chi connectivity index (χ4n) is 4.65. The number of nitrogens with one attached hydrogen (secondary N) is 1. The molecular weight excluding hydrogens is 346 g/mol. The van der Waals surface area contributed by atoms with Crippen LogP contribution in [0.4, 0.5) is 11.4 Å². The molecule has 0 saturated carbocycles. The van der Waals surface area contributed by atoms with Gasteiger partial charge in [0.25, 0.3) is 0 Å². The van der Waals surface area contributed by atoms with Crippen LogP contribution in [0.1, 0.15) is 43.9 Å². The lowest BCUT2D eigenvalue weighted by Crippen LogP contribution is -2.46. The number of ether oxygens (including phenoxy) is 1. The Hall–Kier alpha value is -2.04. The van der Waals surface area contributed by atoms with Crippen LogP contribution in [-0.4, -0.2) is 49.6 Å². The van der Waals surface area contributed by atoms with Crippen molar-refractivity contribution in [2.24, 2.45) is 0 Å². The van der Waals surface area contributed by atoms with Crippen molar-refractivity contribution in [1.82, 2.24) is 9.80 Å². The number of hydrogen-bond donors (Lipinski definition) is 1. The Bertz CT molecular complexity index is 838. The van der Waals surface area contributed by atoms with E-state index in [0.717, 1.165) is 18.0 Å². The molecule has 1 N–H and O–H groups in total. The van der Waals surface area contributed by atoms with Crippen molar-refractivity contribution < 1.29 is 4.74 Å². The Morgan fingerprint density at radius 2 is 1.68 bits per heavy atom. The number of piperazine rings is 1. The maximum absolute atomic E-state index is 5.41. The molecule has 1 saturated heterocycles. The molecule has 0 aromatic heterocycles. The van der Waals surface area contributed by atoms with Crippen LogP contribution in [0, 0.1) is 0 Å². The van der Waals surface area contributed by atoms with Gasteiger partial charge < -0.3 is 15.0 Å². The third-order valence-corrected chi connectivity index (χ3v) is 6.34. The second-order valence-corrected chi connectivity index (χ2v) is 8.66. The minimum absolute atomic E-state index is 0.0297. The number of benzene rings is 2. The summed E-state index contributed by atoms with van der Waals surface area (Å²) in [7, 11) is 1.72. The Labute approximate surface area is 169 Å². The Balaban J connectivity index is 1.53. The zero-order valence-corrected chi connectivity index (χ0v) is 17.7. The molecule has 1 fully saturated rings. The molecule has 4 nitrogen and oxygen atoms in total. The molecule has 0 bridgehead atoms. The van der Waals surface area contributed by atoms with Crippen LogP contribution in [0.15, 0.2) is 36.4 Å². The van der Waals surface area contributed by atoms with Crippen molar-refractivity contribution in [3.8, 4) is 5.75 Å². The molecule has 0 unspecified atom stereocenters. The number of rotatable bonds is 5. The molecule has 150 valence electrons. The van der Waals surface area contributed by atoms with Gasteiger partial charge in [-0.05, 0) is 41.8 Å². The molecular formula is C24H33N3O. The zero-order valence-electron chi connectivity index (χ0n) is 17.7. The molecule has 2 aliphatic heterocycles. The first-order chi connectivity index (χ1) is 13.5.